The molecule has 0 aromatic heterocycles. The molecule has 1 saturated heterocycles. The molecule has 0 aliphatic carbocycles. The highest BCUT2D eigenvalue weighted by atomic mass is 16.6. The summed E-state index contributed by atoms with van der Waals surface area (Å²) in [5, 5.41) is 0. The van der Waals surface area contributed by atoms with Crippen LogP contribution in [0.2, 0.25) is 0 Å². The summed E-state index contributed by atoms with van der Waals surface area (Å²) < 4.78 is 9.14. The maximum atomic E-state index is 11.6. The first-order valence-corrected chi connectivity index (χ1v) is 5.78. The van der Waals surface area contributed by atoms with Crippen molar-refractivity contribution in [1.29, 1.82) is 0 Å². The summed E-state index contributed by atoms with van der Waals surface area (Å²) in [6.07, 6.45) is 2.03. The van der Waals surface area contributed by atoms with E-state index in [-0.39, 0.29) is 17.8 Å². The average molecular weight is 262 g/mol. The maximum Gasteiger partial charge on any atom is 0.410 e. The quantitative estimate of drug-likeness (QED) is 0.732. The molecule has 1 fully saturated rings. The summed E-state index contributed by atoms with van der Waals surface area (Å²) in [6.45, 7) is 8.97. The van der Waals surface area contributed by atoms with Gasteiger partial charge < -0.3 is 20.5 Å². The van der Waals surface area contributed by atoms with Gasteiger partial charge in [0, 0.05) is 12.6 Å². The topological polar surface area (TPSA) is 90.8 Å². The Morgan fingerprint density at radius 3 is 2.17 bits per heavy atom. The molecular weight excluding hydrogens is 236 g/mol. The van der Waals surface area contributed by atoms with E-state index in [1.807, 2.05) is 25.7 Å². The number of carbonyl (C=O) groups excluding carboxylic acids is 2. The molecule has 1 amide bonds. The van der Waals surface area contributed by atoms with E-state index < -0.39 is 0 Å². The molecule has 1 aliphatic heterocycles. The first-order valence-electron chi connectivity index (χ1n) is 5.78. The van der Waals surface area contributed by atoms with Crippen molar-refractivity contribution in [2.45, 2.75) is 52.2 Å². The molecule has 0 aromatic rings. The highest BCUT2D eigenvalue weighted by Gasteiger charge is 2.28. The van der Waals surface area contributed by atoms with Gasteiger partial charge in [-0.1, -0.05) is 0 Å². The molecule has 108 valence electrons. The first kappa shape index (κ1) is 19.0. The minimum Gasteiger partial charge on any atom is -0.471 e. The third-order valence-electron chi connectivity index (χ3n) is 2.28. The van der Waals surface area contributed by atoms with E-state index in [2.05, 4.69) is 11.7 Å². The number of ether oxygens (including phenoxy) is 2. The Balaban J connectivity index is 0. The van der Waals surface area contributed by atoms with E-state index in [0.29, 0.717) is 12.5 Å². The Labute approximate surface area is 109 Å². The molecule has 18 heavy (non-hydrogen) atoms. The minimum atomic E-state index is -0.376. The third-order valence-corrected chi connectivity index (χ3v) is 2.28. The lowest BCUT2D eigenvalue weighted by Crippen LogP contribution is -2.38. The summed E-state index contributed by atoms with van der Waals surface area (Å²) in [4.78, 5) is 22.3. The van der Waals surface area contributed by atoms with Crippen LogP contribution in [-0.4, -0.2) is 42.8 Å². The number of carbonyl (C=O) groups is 2. The van der Waals surface area contributed by atoms with Gasteiger partial charge in [-0.25, -0.2) is 4.79 Å². The Morgan fingerprint density at radius 1 is 1.39 bits per heavy atom. The summed E-state index contributed by atoms with van der Waals surface area (Å²) >= 11 is 0. The average Bonchev–Trinajstić information content (AvgIpc) is 2.62. The number of likely N-dealkylation sites (tertiary alicyclic amines) is 1. The molecule has 3 N–H and O–H groups in total. The van der Waals surface area contributed by atoms with E-state index in [9.17, 15) is 4.79 Å². The molecule has 0 bridgehead atoms. The Kier molecular flexibility index (Phi) is 9.25. The van der Waals surface area contributed by atoms with Crippen LogP contribution in [0.5, 0.6) is 0 Å². The monoisotopic (exact) mass is 262 g/mol. The summed E-state index contributed by atoms with van der Waals surface area (Å²) in [5.41, 5.74) is -0.376. The van der Waals surface area contributed by atoms with Crippen molar-refractivity contribution in [3.63, 3.8) is 0 Å². The van der Waals surface area contributed by atoms with Gasteiger partial charge in [0.1, 0.15) is 5.60 Å². The number of hydrogen-bond acceptors (Lipinski definition) is 5. The van der Waals surface area contributed by atoms with Crippen LogP contribution >= 0.6 is 0 Å². The summed E-state index contributed by atoms with van der Waals surface area (Å²) in [6, 6.07) is 0.342. The molecule has 1 aliphatic rings. The molecule has 6 heteroatoms. The molecule has 1 rings (SSSR count). The molecular formula is C12H26N2O4. The van der Waals surface area contributed by atoms with E-state index in [1.54, 1.807) is 0 Å². The first-order chi connectivity index (χ1) is 7.81. The molecule has 1 unspecified atom stereocenters. The Hall–Kier alpha value is -1.30. The molecule has 1 heterocycles. The van der Waals surface area contributed by atoms with E-state index >= 15 is 0 Å². The highest BCUT2D eigenvalue weighted by molar-refractivity contribution is 5.68. The molecule has 1 atom stereocenters. The Bertz CT molecular complexity index is 251. The van der Waals surface area contributed by atoms with Crippen LogP contribution in [0.1, 0.15) is 40.5 Å². The molecule has 0 spiro atoms. The van der Waals surface area contributed by atoms with Gasteiger partial charge in [0.25, 0.3) is 6.47 Å². The van der Waals surface area contributed by atoms with Crippen LogP contribution in [-0.2, 0) is 14.3 Å². The van der Waals surface area contributed by atoms with Crippen molar-refractivity contribution >= 4 is 12.6 Å². The third kappa shape index (κ3) is 7.89. The summed E-state index contributed by atoms with van der Waals surface area (Å²) in [5.74, 6) is 0. The lowest BCUT2D eigenvalue weighted by atomic mass is 10.2. The second kappa shape index (κ2) is 8.74. The fraction of sp³-hybridized carbons (Fsp3) is 0.833. The van der Waals surface area contributed by atoms with Gasteiger partial charge >= 0.3 is 6.09 Å². The number of nitrogens with zero attached hydrogens (tertiary/aromatic N) is 1. The number of methoxy groups -OCH3 is 1. The van der Waals surface area contributed by atoms with Crippen LogP contribution < -0.4 is 6.15 Å². The van der Waals surface area contributed by atoms with E-state index in [1.165, 1.54) is 7.11 Å². The number of amides is 1. The number of hydrogen-bond donors (Lipinski definition) is 1. The fourth-order valence-electron chi connectivity index (χ4n) is 1.53. The van der Waals surface area contributed by atoms with Gasteiger partial charge in [0.2, 0.25) is 0 Å². The van der Waals surface area contributed by atoms with Gasteiger partial charge in [0.15, 0.2) is 0 Å². The minimum absolute atomic E-state index is 0. The van der Waals surface area contributed by atoms with Crippen LogP contribution in [0, 0.1) is 0 Å². The number of rotatable bonds is 1. The zero-order chi connectivity index (χ0) is 13.5. The zero-order valence-corrected chi connectivity index (χ0v) is 12.1. The molecule has 6 nitrogen and oxygen atoms in total. The highest BCUT2D eigenvalue weighted by Crippen LogP contribution is 2.19. The normalized spacial score (nSPS) is 18.1. The predicted octanol–water partition coefficient (Wildman–Crippen LogP) is 2.36. The van der Waals surface area contributed by atoms with Gasteiger partial charge in [-0.2, -0.15) is 0 Å². The van der Waals surface area contributed by atoms with Crippen molar-refractivity contribution in [2.75, 3.05) is 13.7 Å². The van der Waals surface area contributed by atoms with Gasteiger partial charge in [-0.05, 0) is 40.5 Å². The molecule has 0 saturated carbocycles. The Morgan fingerprint density at radius 2 is 1.89 bits per heavy atom. The lowest BCUT2D eigenvalue weighted by Gasteiger charge is -2.26. The van der Waals surface area contributed by atoms with E-state index in [0.717, 1.165) is 19.4 Å². The summed E-state index contributed by atoms with van der Waals surface area (Å²) in [7, 11) is 1.31. The zero-order valence-electron chi connectivity index (χ0n) is 12.1. The predicted molar refractivity (Wildman–Crippen MR) is 69.7 cm³/mol. The van der Waals surface area contributed by atoms with Crippen molar-refractivity contribution in [2.24, 2.45) is 0 Å². The lowest BCUT2D eigenvalue weighted by molar-refractivity contribution is -0.126. The largest absolute Gasteiger partial charge is 0.471 e. The second-order valence-electron chi connectivity index (χ2n) is 5.00. The van der Waals surface area contributed by atoms with Crippen molar-refractivity contribution < 1.29 is 19.1 Å². The van der Waals surface area contributed by atoms with Crippen LogP contribution in [0.25, 0.3) is 0 Å². The van der Waals surface area contributed by atoms with Crippen molar-refractivity contribution in [3.8, 4) is 0 Å². The van der Waals surface area contributed by atoms with Crippen LogP contribution in [0.15, 0.2) is 0 Å². The molecule has 0 aromatic carbocycles. The van der Waals surface area contributed by atoms with Crippen LogP contribution in [0.4, 0.5) is 4.79 Å². The second-order valence-corrected chi connectivity index (χ2v) is 5.00. The van der Waals surface area contributed by atoms with Crippen molar-refractivity contribution in [3.05, 3.63) is 0 Å². The van der Waals surface area contributed by atoms with E-state index in [4.69, 9.17) is 9.53 Å². The molecule has 0 radical (unpaired) electrons. The fourth-order valence-corrected chi connectivity index (χ4v) is 1.53. The van der Waals surface area contributed by atoms with Gasteiger partial charge in [0.05, 0.1) is 7.11 Å². The standard InChI is InChI=1S/C10H19NO2.C2H4O2.H3N/c1-8-6-5-7-11(8)9(12)13-10(2,3)4;1-4-2-3;/h8H,5-7H2,1-4H3;2H,1H3;1H3. The maximum absolute atomic E-state index is 11.6. The van der Waals surface area contributed by atoms with Crippen LogP contribution in [0.3, 0.4) is 0 Å². The smallest absolute Gasteiger partial charge is 0.410 e. The van der Waals surface area contributed by atoms with Crippen molar-refractivity contribution in [1.82, 2.24) is 11.1 Å². The van der Waals surface area contributed by atoms with Gasteiger partial charge in [-0.15, -0.1) is 0 Å². The SMILES string of the molecule is CC1CCCN1C(=O)OC(C)(C)C.COC=O.N. The van der Waals surface area contributed by atoms with Gasteiger partial charge in [-0.3, -0.25) is 4.79 Å².